The van der Waals surface area contributed by atoms with Crippen LogP contribution in [0.25, 0.3) is 0 Å². The highest BCUT2D eigenvalue weighted by Gasteiger charge is 2.65. The molecule has 0 aromatic rings. The van der Waals surface area contributed by atoms with Gasteiger partial charge >= 0.3 is 47.8 Å². The maximum Gasteiger partial charge on any atom is 0.339 e. The molecule has 69 heavy (non-hydrogen) atoms. The average molecular weight is 983 g/mol. The lowest BCUT2D eigenvalue weighted by Crippen LogP contribution is -2.64. The van der Waals surface area contributed by atoms with E-state index in [2.05, 4.69) is 6.92 Å². The standard InChI is InChI=1S/C47H66O22/c1-20(48)61-34-36(63-22(3)50)40(65-24(5)52)44(68-38(34)42(56)58-9)60-19-32(55)30-14-13-29-28-12-11-26-17-27(15-16-46(26,7)33(28)31(54)18-47(29,30)8)67-45-41(66-25(6)53)37(64-23(4)51)35(62-21(2)49)39(69-45)43(57)59-10/h26-31,33-41,44-45,54H,11-19H2,1-10H3/t26-,27-,28-,29+,30-,31+,33-,34-,35+,36-,37+,38+,39-,40+,41-,44+,45-,46-,47-/m1/s1. The normalized spacial score (nSPS) is 40.2. The summed E-state index contributed by atoms with van der Waals surface area (Å²) in [6, 6.07) is 0. The first kappa shape index (κ1) is 53.6. The van der Waals surface area contributed by atoms with Gasteiger partial charge in [0.2, 0.25) is 0 Å². The number of ketones is 1. The molecule has 22 nitrogen and oxygen atoms in total. The van der Waals surface area contributed by atoms with Gasteiger partial charge in [-0.3, -0.25) is 33.6 Å². The zero-order chi connectivity index (χ0) is 50.9. The van der Waals surface area contributed by atoms with E-state index in [0.717, 1.165) is 68.6 Å². The van der Waals surface area contributed by atoms with Crippen LogP contribution in [0.2, 0.25) is 0 Å². The molecule has 0 aromatic carbocycles. The fraction of sp³-hybridized carbons (Fsp3) is 0.809. The first-order chi connectivity index (χ1) is 32.4. The Balaban J connectivity index is 1.16. The smallest absolute Gasteiger partial charge is 0.339 e. The van der Waals surface area contributed by atoms with Crippen molar-refractivity contribution in [1.82, 2.24) is 0 Å². The van der Waals surface area contributed by atoms with Crippen molar-refractivity contribution < 1.29 is 105 Å². The Morgan fingerprint density at radius 1 is 0.565 bits per heavy atom. The van der Waals surface area contributed by atoms with Crippen LogP contribution in [-0.4, -0.2) is 153 Å². The molecule has 1 N–H and O–H groups in total. The minimum Gasteiger partial charge on any atom is -0.467 e. The van der Waals surface area contributed by atoms with Gasteiger partial charge in [-0.25, -0.2) is 9.59 Å². The van der Waals surface area contributed by atoms with E-state index in [1.807, 2.05) is 6.92 Å². The molecule has 19 atom stereocenters. The average Bonchev–Trinajstić information content (AvgIpc) is 3.61. The van der Waals surface area contributed by atoms with E-state index in [0.29, 0.717) is 38.5 Å². The number of hydrogen-bond donors (Lipinski definition) is 1. The maximum atomic E-state index is 14.3. The lowest BCUT2D eigenvalue weighted by atomic mass is 9.44. The van der Waals surface area contributed by atoms with Crippen LogP contribution in [0.5, 0.6) is 0 Å². The van der Waals surface area contributed by atoms with E-state index in [1.54, 1.807) is 0 Å². The van der Waals surface area contributed by atoms with Gasteiger partial charge in [0.1, 0.15) is 6.61 Å². The first-order valence-corrected chi connectivity index (χ1v) is 23.4. The third-order valence-electron chi connectivity index (χ3n) is 15.3. The zero-order valence-electron chi connectivity index (χ0n) is 40.7. The molecule has 6 aliphatic rings. The fourth-order valence-corrected chi connectivity index (χ4v) is 12.9. The molecular weight excluding hydrogens is 916 g/mol. The van der Waals surface area contributed by atoms with Gasteiger partial charge in [0.15, 0.2) is 67.2 Å². The zero-order valence-corrected chi connectivity index (χ0v) is 40.7. The van der Waals surface area contributed by atoms with E-state index in [-0.39, 0.29) is 34.9 Å². The largest absolute Gasteiger partial charge is 0.467 e. The van der Waals surface area contributed by atoms with Crippen molar-refractivity contribution in [3.63, 3.8) is 0 Å². The lowest BCUT2D eigenvalue weighted by molar-refractivity contribution is -0.315. The predicted octanol–water partition coefficient (Wildman–Crippen LogP) is 1.97. The number of hydrogen-bond acceptors (Lipinski definition) is 22. The van der Waals surface area contributed by atoms with Crippen LogP contribution in [0, 0.1) is 40.4 Å². The Hall–Kier alpha value is -4.77. The number of esters is 8. The highest BCUT2D eigenvalue weighted by molar-refractivity contribution is 5.83. The Morgan fingerprint density at radius 2 is 1.03 bits per heavy atom. The summed E-state index contributed by atoms with van der Waals surface area (Å²) in [6.45, 7) is 10.2. The molecule has 2 aliphatic heterocycles. The van der Waals surface area contributed by atoms with E-state index >= 15 is 0 Å². The molecule has 6 fully saturated rings. The minimum atomic E-state index is -1.69. The van der Waals surface area contributed by atoms with Crippen LogP contribution in [0.4, 0.5) is 0 Å². The maximum absolute atomic E-state index is 14.3. The molecule has 4 aliphatic carbocycles. The molecule has 0 amide bonds. The van der Waals surface area contributed by atoms with Crippen molar-refractivity contribution in [1.29, 1.82) is 0 Å². The van der Waals surface area contributed by atoms with Gasteiger partial charge in [0, 0.05) is 47.5 Å². The number of carbonyl (C=O) groups excluding carboxylic acids is 9. The van der Waals surface area contributed by atoms with Crippen LogP contribution < -0.4 is 0 Å². The molecule has 0 bridgehead atoms. The molecule has 0 unspecified atom stereocenters. The Labute approximate surface area is 399 Å². The van der Waals surface area contributed by atoms with Crippen LogP contribution >= 0.6 is 0 Å². The van der Waals surface area contributed by atoms with Crippen LogP contribution in [0.3, 0.4) is 0 Å². The summed E-state index contributed by atoms with van der Waals surface area (Å²) in [4.78, 5) is 114. The second-order valence-corrected chi connectivity index (χ2v) is 19.6. The number of carbonyl (C=O) groups is 9. The summed E-state index contributed by atoms with van der Waals surface area (Å²) in [5, 5.41) is 12.3. The highest BCUT2D eigenvalue weighted by Crippen LogP contribution is 2.67. The van der Waals surface area contributed by atoms with Gasteiger partial charge in [-0.05, 0) is 85.9 Å². The molecule has 2 saturated heterocycles. The van der Waals surface area contributed by atoms with Gasteiger partial charge < -0.3 is 61.9 Å². The van der Waals surface area contributed by atoms with Gasteiger partial charge in [-0.2, -0.15) is 0 Å². The van der Waals surface area contributed by atoms with E-state index < -0.39 is 139 Å². The van der Waals surface area contributed by atoms with Crippen molar-refractivity contribution in [3.05, 3.63) is 0 Å². The lowest BCUT2D eigenvalue weighted by Gasteiger charge is -2.62. The second kappa shape index (κ2) is 21.7. The van der Waals surface area contributed by atoms with Crippen LogP contribution in [-0.2, 0) is 100.0 Å². The number of rotatable bonds is 14. The Morgan fingerprint density at radius 3 is 1.52 bits per heavy atom. The van der Waals surface area contributed by atoms with Gasteiger partial charge in [0.05, 0.1) is 26.4 Å². The molecule has 22 heteroatoms. The fourth-order valence-electron chi connectivity index (χ4n) is 12.9. The predicted molar refractivity (Wildman–Crippen MR) is 227 cm³/mol. The third kappa shape index (κ3) is 11.2. The number of ether oxygens (including phenoxy) is 12. The van der Waals surface area contributed by atoms with Crippen molar-refractivity contribution in [2.24, 2.45) is 40.4 Å². The molecule has 0 radical (unpaired) electrons. The van der Waals surface area contributed by atoms with Gasteiger partial charge in [0.25, 0.3) is 0 Å². The second-order valence-electron chi connectivity index (χ2n) is 19.6. The Kier molecular flexibility index (Phi) is 16.8. The SMILES string of the molecule is COC(=O)[C@H]1O[C@H](OCC(=O)[C@H]2CC[C@H]3[C@H]4CC[C@@H]5C[C@H](O[C@@H]6O[C@@H](C(=O)OC)[C@@H](OC(C)=O)[C@H](OC(C)=O)[C@H]6OC(C)=O)CC[C@@]5(C)[C@H]4[C@@H](O)C[C@@]23C)[C@@H](OC(C)=O)[C@H](OC(C)=O)[C@H]1OC(C)=O. The van der Waals surface area contributed by atoms with Crippen LogP contribution in [0.15, 0.2) is 0 Å². The molecule has 0 aromatic heterocycles. The number of Topliss-reactive ketones (excluding diaryl/α,β-unsaturated/α-hetero) is 1. The molecule has 4 saturated carbocycles. The third-order valence-corrected chi connectivity index (χ3v) is 15.3. The number of aliphatic hydroxyl groups is 1. The monoisotopic (exact) mass is 982 g/mol. The summed E-state index contributed by atoms with van der Waals surface area (Å²) in [6.07, 6.45) is -12.1. The summed E-state index contributed by atoms with van der Waals surface area (Å²) in [5.41, 5.74) is -0.986. The van der Waals surface area contributed by atoms with Crippen molar-refractivity contribution in [2.75, 3.05) is 20.8 Å². The quantitative estimate of drug-likeness (QED) is 0.148. The van der Waals surface area contributed by atoms with Gasteiger partial charge in [-0.15, -0.1) is 0 Å². The van der Waals surface area contributed by atoms with Crippen molar-refractivity contribution in [2.45, 2.75) is 180 Å². The summed E-state index contributed by atoms with van der Waals surface area (Å²) in [7, 11) is 2.18. The van der Waals surface area contributed by atoms with E-state index in [9.17, 15) is 48.3 Å². The molecule has 2 heterocycles. The minimum absolute atomic E-state index is 0.0553. The van der Waals surface area contributed by atoms with Crippen LogP contribution in [0.1, 0.15) is 107 Å². The number of methoxy groups -OCH3 is 2. The van der Waals surface area contributed by atoms with E-state index in [4.69, 9.17) is 56.8 Å². The topological polar surface area (TPSA) is 285 Å². The number of aliphatic hydroxyl groups excluding tert-OH is 1. The van der Waals surface area contributed by atoms with Crippen molar-refractivity contribution in [3.8, 4) is 0 Å². The molecular formula is C47H66O22. The Bertz CT molecular complexity index is 1990. The number of fused-ring (bicyclic) bond motifs is 5. The first-order valence-electron chi connectivity index (χ1n) is 23.4. The molecule has 386 valence electrons. The highest BCUT2D eigenvalue weighted by atomic mass is 16.8. The molecule has 0 spiro atoms. The molecule has 6 rings (SSSR count). The van der Waals surface area contributed by atoms with Crippen molar-refractivity contribution >= 4 is 53.5 Å². The summed E-state index contributed by atoms with van der Waals surface area (Å²) >= 11 is 0. The van der Waals surface area contributed by atoms with Gasteiger partial charge in [-0.1, -0.05) is 13.8 Å². The van der Waals surface area contributed by atoms with E-state index in [1.165, 1.54) is 0 Å². The summed E-state index contributed by atoms with van der Waals surface area (Å²) < 4.78 is 67.0. The summed E-state index contributed by atoms with van der Waals surface area (Å²) in [5.74, 6) is -7.70.